The summed E-state index contributed by atoms with van der Waals surface area (Å²) < 4.78 is 11.3. The van der Waals surface area contributed by atoms with Crippen LogP contribution in [0.3, 0.4) is 0 Å². The lowest BCUT2D eigenvalue weighted by molar-refractivity contribution is 0.688. The van der Waals surface area contributed by atoms with Gasteiger partial charge >= 0.3 is 0 Å². The maximum Gasteiger partial charge on any atom is 0.0784 e. The molecule has 64 valence electrons. The van der Waals surface area contributed by atoms with E-state index >= 15 is 0 Å². The minimum absolute atomic E-state index is 0.775. The van der Waals surface area contributed by atoms with Gasteiger partial charge in [0.15, 0.2) is 0 Å². The highest BCUT2D eigenvalue weighted by molar-refractivity contribution is 7.88. The second kappa shape index (κ2) is 4.43. The van der Waals surface area contributed by atoms with E-state index in [9.17, 15) is 4.21 Å². The van der Waals surface area contributed by atoms with Gasteiger partial charge in [-0.2, -0.15) is 0 Å². The highest BCUT2D eigenvalue weighted by Crippen LogP contribution is 2.09. The summed E-state index contributed by atoms with van der Waals surface area (Å²) in [5.74, 6) is 0. The number of hydrogen-bond donors (Lipinski definition) is 0. The largest absolute Gasteiger partial charge is 0.250 e. The Hall–Kier alpha value is -0.600. The number of rotatable bonds is 2. The summed E-state index contributed by atoms with van der Waals surface area (Å²) in [7, 11) is -1.10. The second-order valence-electron chi connectivity index (χ2n) is 2.37. The lowest BCUT2D eigenvalue weighted by Crippen LogP contribution is -1.85. The summed E-state index contributed by atoms with van der Waals surface area (Å²) in [6.07, 6.45) is 0. The summed E-state index contributed by atoms with van der Waals surface area (Å²) in [6.45, 7) is 1.99. The molecule has 1 aromatic rings. The number of benzene rings is 1. The smallest absolute Gasteiger partial charge is 0.0784 e. The molecule has 1 nitrogen and oxygen atoms in total. The number of hydrogen-bond acceptors (Lipinski definition) is 1. The van der Waals surface area contributed by atoms with E-state index in [4.69, 9.17) is 11.6 Å². The van der Waals surface area contributed by atoms with Crippen LogP contribution >= 0.6 is 11.6 Å². The van der Waals surface area contributed by atoms with Gasteiger partial charge in [-0.3, -0.25) is 0 Å². The Morgan fingerprint density at radius 3 is 2.42 bits per heavy atom. The molecule has 1 unspecified atom stereocenters. The Morgan fingerprint density at radius 1 is 1.33 bits per heavy atom. The van der Waals surface area contributed by atoms with E-state index in [0.29, 0.717) is 0 Å². The van der Waals surface area contributed by atoms with Crippen molar-refractivity contribution in [1.29, 1.82) is 0 Å². The molecule has 0 saturated heterocycles. The van der Waals surface area contributed by atoms with Crippen molar-refractivity contribution in [1.82, 2.24) is 0 Å². The minimum Gasteiger partial charge on any atom is -0.250 e. The molecule has 1 rings (SSSR count). The number of halogens is 1. The quantitative estimate of drug-likeness (QED) is 0.718. The van der Waals surface area contributed by atoms with E-state index < -0.39 is 10.8 Å². The van der Waals surface area contributed by atoms with Crippen molar-refractivity contribution in [2.24, 2.45) is 0 Å². The molecule has 3 heteroatoms. The van der Waals surface area contributed by atoms with Crippen LogP contribution in [0, 0.1) is 6.92 Å². The fourth-order valence-corrected chi connectivity index (χ4v) is 1.73. The Morgan fingerprint density at radius 2 is 1.92 bits per heavy atom. The van der Waals surface area contributed by atoms with Crippen molar-refractivity contribution >= 4 is 22.4 Å². The third-order valence-electron chi connectivity index (χ3n) is 1.43. The molecule has 0 spiro atoms. The Bertz CT molecular complexity index is 303. The van der Waals surface area contributed by atoms with Crippen LogP contribution in [0.4, 0.5) is 0 Å². The predicted molar refractivity (Wildman–Crippen MR) is 52.6 cm³/mol. The molecule has 0 radical (unpaired) electrons. The van der Waals surface area contributed by atoms with Crippen LogP contribution in [-0.4, -0.2) is 4.21 Å². The molecule has 0 aliphatic rings. The molecule has 12 heavy (non-hydrogen) atoms. The molecule has 0 heterocycles. The average Bonchev–Trinajstić information content (AvgIpc) is 2.06. The zero-order valence-corrected chi connectivity index (χ0v) is 8.23. The first-order valence-electron chi connectivity index (χ1n) is 3.48. The minimum atomic E-state index is -1.10. The van der Waals surface area contributed by atoms with Crippen LogP contribution in [0.15, 0.2) is 40.1 Å². The van der Waals surface area contributed by atoms with Crippen molar-refractivity contribution in [3.8, 4) is 0 Å². The van der Waals surface area contributed by atoms with Crippen LogP contribution in [0.5, 0.6) is 0 Å². The first-order chi connectivity index (χ1) is 5.74. The molecule has 0 aromatic heterocycles. The Balaban J connectivity index is 2.90. The molecule has 0 aliphatic heterocycles. The third kappa shape index (κ3) is 2.47. The van der Waals surface area contributed by atoms with E-state index in [-0.39, 0.29) is 0 Å². The van der Waals surface area contributed by atoms with Crippen molar-refractivity contribution in [2.45, 2.75) is 11.8 Å². The predicted octanol–water partition coefficient (Wildman–Crippen LogP) is 2.81. The van der Waals surface area contributed by atoms with Gasteiger partial charge in [0.25, 0.3) is 0 Å². The summed E-state index contributed by atoms with van der Waals surface area (Å²) in [6, 6.07) is 7.52. The Labute approximate surface area is 79.5 Å². The topological polar surface area (TPSA) is 17.1 Å². The third-order valence-corrected chi connectivity index (χ3v) is 2.82. The molecule has 1 atom stereocenters. The van der Waals surface area contributed by atoms with Crippen molar-refractivity contribution < 1.29 is 4.21 Å². The van der Waals surface area contributed by atoms with Gasteiger partial charge in [0.2, 0.25) is 0 Å². The molecule has 0 aliphatic carbocycles. The Kier molecular flexibility index (Phi) is 3.50. The van der Waals surface area contributed by atoms with Crippen LogP contribution in [0.2, 0.25) is 0 Å². The fourth-order valence-electron chi connectivity index (χ4n) is 0.798. The summed E-state index contributed by atoms with van der Waals surface area (Å²) in [4.78, 5) is 0.775. The van der Waals surface area contributed by atoms with Crippen molar-refractivity contribution in [3.05, 3.63) is 40.8 Å². The van der Waals surface area contributed by atoms with Gasteiger partial charge in [0.1, 0.15) is 0 Å². The first-order valence-corrected chi connectivity index (χ1v) is 5.13. The molecule has 0 amide bonds. The fraction of sp³-hybridized carbons (Fsp3) is 0.111. The summed E-state index contributed by atoms with van der Waals surface area (Å²) >= 11 is 5.30. The highest BCUT2D eigenvalue weighted by Gasteiger charge is 1.96. The van der Waals surface area contributed by atoms with Crippen molar-refractivity contribution in [3.63, 3.8) is 0 Å². The average molecular weight is 201 g/mol. The lowest BCUT2D eigenvalue weighted by Gasteiger charge is -1.96. The highest BCUT2D eigenvalue weighted by atomic mass is 35.5. The lowest BCUT2D eigenvalue weighted by atomic mass is 10.2. The summed E-state index contributed by atoms with van der Waals surface area (Å²) in [5.41, 5.74) is 2.43. The maximum atomic E-state index is 11.3. The van der Waals surface area contributed by atoms with E-state index in [2.05, 4.69) is 0 Å². The molecular weight excluding hydrogens is 192 g/mol. The van der Waals surface area contributed by atoms with Gasteiger partial charge in [-0.15, -0.1) is 0 Å². The molecule has 1 aromatic carbocycles. The molecule has 0 saturated carbocycles. The SMILES string of the molecule is Cc1ccc(S(=O)/C=C/Cl)cc1. The second-order valence-corrected chi connectivity index (χ2v) is 3.96. The molecule has 0 N–H and O–H groups in total. The van der Waals surface area contributed by atoms with Gasteiger partial charge in [-0.25, -0.2) is 4.21 Å². The zero-order valence-electron chi connectivity index (χ0n) is 6.66. The van der Waals surface area contributed by atoms with Gasteiger partial charge < -0.3 is 0 Å². The van der Waals surface area contributed by atoms with Gasteiger partial charge in [-0.05, 0) is 19.1 Å². The van der Waals surface area contributed by atoms with Crippen LogP contribution in [-0.2, 0) is 10.8 Å². The van der Waals surface area contributed by atoms with Crippen molar-refractivity contribution in [2.75, 3.05) is 0 Å². The van der Waals surface area contributed by atoms with E-state index in [1.54, 1.807) is 0 Å². The van der Waals surface area contributed by atoms with E-state index in [0.717, 1.165) is 10.5 Å². The number of aryl methyl sites for hydroxylation is 1. The molecule has 0 bridgehead atoms. The van der Waals surface area contributed by atoms with Gasteiger partial charge in [0.05, 0.1) is 10.8 Å². The maximum absolute atomic E-state index is 11.3. The van der Waals surface area contributed by atoms with Gasteiger partial charge in [-0.1, -0.05) is 29.3 Å². The van der Waals surface area contributed by atoms with Crippen LogP contribution in [0.1, 0.15) is 5.56 Å². The summed E-state index contributed by atoms with van der Waals surface area (Å²) in [5, 5.41) is 1.45. The monoisotopic (exact) mass is 200 g/mol. The first kappa shape index (κ1) is 9.49. The van der Waals surface area contributed by atoms with Crippen LogP contribution < -0.4 is 0 Å². The van der Waals surface area contributed by atoms with Crippen LogP contribution in [0.25, 0.3) is 0 Å². The molecular formula is C9H9ClOS. The standard InChI is InChI=1S/C9H9ClOS/c1-8-2-4-9(5-3-8)12(11)7-6-10/h2-7H,1H3/b7-6+. The molecule has 0 fully saturated rings. The zero-order chi connectivity index (χ0) is 8.97. The van der Waals surface area contributed by atoms with Gasteiger partial charge in [0, 0.05) is 15.8 Å². The van der Waals surface area contributed by atoms with E-state index in [1.807, 2.05) is 31.2 Å². The normalized spacial score (nSPS) is 13.5. The van der Waals surface area contributed by atoms with E-state index in [1.165, 1.54) is 10.9 Å².